The molecule has 0 aromatic heterocycles. The summed E-state index contributed by atoms with van der Waals surface area (Å²) in [5, 5.41) is 0. The predicted molar refractivity (Wildman–Crippen MR) is 152 cm³/mol. The standard InChI is InChI=1S/C32H48O7/c1-22(18-19-35-21-24-12-14-25(34-9)15-13-24)10-16-26-23(2)11-17-27(36-26)32(8)28(37-31(6,7)39-32)20-29(33)38-30(3,4)5/h11-15,18,26-28H,10,16-17,19-21H2,1-9H3/b22-18+/t26-,27+,28+,32+/m0/s1. The second-order valence-corrected chi connectivity index (χ2v) is 12.3. The van der Waals surface area contributed by atoms with E-state index in [1.807, 2.05) is 65.8 Å². The van der Waals surface area contributed by atoms with Crippen LogP contribution in [0.25, 0.3) is 0 Å². The van der Waals surface area contributed by atoms with Crippen molar-refractivity contribution >= 4 is 5.97 Å². The Labute approximate surface area is 234 Å². The summed E-state index contributed by atoms with van der Waals surface area (Å²) in [5.41, 5.74) is 2.26. The molecule has 2 heterocycles. The van der Waals surface area contributed by atoms with Crippen LogP contribution in [-0.4, -0.2) is 55.0 Å². The van der Waals surface area contributed by atoms with Gasteiger partial charge in [0.2, 0.25) is 0 Å². The zero-order valence-corrected chi connectivity index (χ0v) is 25.3. The van der Waals surface area contributed by atoms with Crippen molar-refractivity contribution in [2.45, 2.75) is 123 Å². The molecule has 0 N–H and O–H groups in total. The molecule has 0 amide bonds. The molecule has 3 rings (SSSR count). The number of allylic oxidation sites excluding steroid dienone is 1. The van der Waals surface area contributed by atoms with Crippen molar-refractivity contribution in [3.8, 4) is 5.75 Å². The molecule has 2 aliphatic rings. The number of rotatable bonds is 11. The van der Waals surface area contributed by atoms with Gasteiger partial charge in [-0.3, -0.25) is 4.79 Å². The van der Waals surface area contributed by atoms with E-state index in [9.17, 15) is 4.79 Å². The Kier molecular flexibility index (Phi) is 10.4. The monoisotopic (exact) mass is 544 g/mol. The predicted octanol–water partition coefficient (Wildman–Crippen LogP) is 6.68. The topological polar surface area (TPSA) is 72.5 Å². The largest absolute Gasteiger partial charge is 0.497 e. The van der Waals surface area contributed by atoms with Crippen molar-refractivity contribution in [3.05, 3.63) is 53.1 Å². The minimum Gasteiger partial charge on any atom is -0.497 e. The van der Waals surface area contributed by atoms with Gasteiger partial charge < -0.3 is 28.4 Å². The summed E-state index contributed by atoms with van der Waals surface area (Å²) in [4.78, 5) is 12.7. The number of methoxy groups -OCH3 is 1. The maximum atomic E-state index is 12.7. The molecule has 0 aliphatic carbocycles. The maximum absolute atomic E-state index is 12.7. The molecule has 0 unspecified atom stereocenters. The maximum Gasteiger partial charge on any atom is 0.309 e. The lowest BCUT2D eigenvalue weighted by Crippen LogP contribution is -2.52. The molecular formula is C32H48O7. The number of esters is 1. The second kappa shape index (κ2) is 13.0. The highest BCUT2D eigenvalue weighted by Crippen LogP contribution is 2.44. The molecule has 0 saturated carbocycles. The zero-order chi connectivity index (χ0) is 28.8. The number of hydrogen-bond acceptors (Lipinski definition) is 7. The molecule has 0 radical (unpaired) electrons. The summed E-state index contributed by atoms with van der Waals surface area (Å²) in [6.07, 6.45) is 6.21. The van der Waals surface area contributed by atoms with Crippen LogP contribution in [0.15, 0.2) is 47.6 Å². The number of ether oxygens (including phenoxy) is 6. The van der Waals surface area contributed by atoms with Crippen LogP contribution in [0.3, 0.4) is 0 Å². The Morgan fingerprint density at radius 1 is 1.15 bits per heavy atom. The van der Waals surface area contributed by atoms with E-state index < -0.39 is 23.1 Å². The van der Waals surface area contributed by atoms with Crippen LogP contribution in [-0.2, 0) is 35.1 Å². The normalized spacial score (nSPS) is 27.3. The average Bonchev–Trinajstić information content (AvgIpc) is 3.08. The first-order valence-electron chi connectivity index (χ1n) is 14.0. The van der Waals surface area contributed by atoms with Gasteiger partial charge in [-0.2, -0.15) is 0 Å². The van der Waals surface area contributed by atoms with Gasteiger partial charge in [-0.05, 0) is 97.9 Å². The summed E-state index contributed by atoms with van der Waals surface area (Å²) < 4.78 is 35.9. The summed E-state index contributed by atoms with van der Waals surface area (Å²) in [5.74, 6) is -0.273. The lowest BCUT2D eigenvalue weighted by Gasteiger charge is -2.41. The average molecular weight is 545 g/mol. The van der Waals surface area contributed by atoms with Crippen molar-refractivity contribution in [2.24, 2.45) is 0 Å². The quantitative estimate of drug-likeness (QED) is 0.175. The minimum absolute atomic E-state index is 0.0290. The number of carbonyl (C=O) groups excluding carboxylic acids is 1. The van der Waals surface area contributed by atoms with Gasteiger partial charge in [0.1, 0.15) is 23.1 Å². The van der Waals surface area contributed by atoms with Crippen LogP contribution >= 0.6 is 0 Å². The van der Waals surface area contributed by atoms with E-state index in [0.29, 0.717) is 19.6 Å². The Bertz CT molecular complexity index is 1020. The van der Waals surface area contributed by atoms with E-state index in [1.54, 1.807) is 7.11 Å². The first-order chi connectivity index (χ1) is 18.2. The van der Waals surface area contributed by atoms with E-state index >= 15 is 0 Å². The highest BCUT2D eigenvalue weighted by molar-refractivity contribution is 5.70. The summed E-state index contributed by atoms with van der Waals surface area (Å²) in [6.45, 7) is 16.7. The molecule has 218 valence electrons. The Balaban J connectivity index is 1.55. The van der Waals surface area contributed by atoms with E-state index in [2.05, 4.69) is 26.0 Å². The van der Waals surface area contributed by atoms with E-state index in [-0.39, 0.29) is 24.6 Å². The highest BCUT2D eigenvalue weighted by Gasteiger charge is 2.56. The van der Waals surface area contributed by atoms with Gasteiger partial charge in [0, 0.05) is 0 Å². The van der Waals surface area contributed by atoms with E-state index in [0.717, 1.165) is 24.2 Å². The second-order valence-electron chi connectivity index (χ2n) is 12.3. The Hall–Kier alpha value is -2.19. The molecule has 1 aromatic carbocycles. The third-order valence-corrected chi connectivity index (χ3v) is 7.21. The molecule has 7 nitrogen and oxygen atoms in total. The molecule has 7 heteroatoms. The van der Waals surface area contributed by atoms with E-state index in [1.165, 1.54) is 11.1 Å². The van der Waals surface area contributed by atoms with Crippen LogP contribution < -0.4 is 4.74 Å². The summed E-state index contributed by atoms with van der Waals surface area (Å²) in [7, 11) is 1.66. The smallest absolute Gasteiger partial charge is 0.309 e. The Morgan fingerprint density at radius 2 is 1.85 bits per heavy atom. The van der Waals surface area contributed by atoms with Crippen molar-refractivity contribution < 1.29 is 33.2 Å². The van der Waals surface area contributed by atoms with Crippen LogP contribution in [0, 0.1) is 0 Å². The first kappa shape index (κ1) is 31.3. The fourth-order valence-corrected chi connectivity index (χ4v) is 5.14. The number of benzene rings is 1. The molecule has 0 bridgehead atoms. The molecule has 0 spiro atoms. The van der Waals surface area contributed by atoms with Gasteiger partial charge >= 0.3 is 5.97 Å². The first-order valence-corrected chi connectivity index (χ1v) is 14.0. The van der Waals surface area contributed by atoms with Gasteiger partial charge in [-0.1, -0.05) is 29.9 Å². The molecule has 1 saturated heterocycles. The van der Waals surface area contributed by atoms with E-state index in [4.69, 9.17) is 28.4 Å². The highest BCUT2D eigenvalue weighted by atomic mass is 16.8. The van der Waals surface area contributed by atoms with Crippen LogP contribution in [0.4, 0.5) is 0 Å². The Morgan fingerprint density at radius 3 is 2.49 bits per heavy atom. The fraction of sp³-hybridized carbons (Fsp3) is 0.656. The minimum atomic E-state index is -0.818. The van der Waals surface area contributed by atoms with Crippen molar-refractivity contribution in [2.75, 3.05) is 13.7 Å². The summed E-state index contributed by atoms with van der Waals surface area (Å²) in [6, 6.07) is 7.91. The van der Waals surface area contributed by atoms with Crippen LogP contribution in [0.2, 0.25) is 0 Å². The zero-order valence-electron chi connectivity index (χ0n) is 25.3. The fourth-order valence-electron chi connectivity index (χ4n) is 5.14. The third kappa shape index (κ3) is 9.17. The van der Waals surface area contributed by atoms with Gasteiger partial charge in [-0.25, -0.2) is 0 Å². The lowest BCUT2D eigenvalue weighted by molar-refractivity contribution is -0.194. The van der Waals surface area contributed by atoms with Crippen LogP contribution in [0.1, 0.15) is 86.6 Å². The molecule has 1 aromatic rings. The summed E-state index contributed by atoms with van der Waals surface area (Å²) >= 11 is 0. The van der Waals surface area contributed by atoms with Gasteiger partial charge in [-0.15, -0.1) is 0 Å². The number of hydrogen-bond donors (Lipinski definition) is 0. The van der Waals surface area contributed by atoms with Crippen molar-refractivity contribution in [1.82, 2.24) is 0 Å². The van der Waals surface area contributed by atoms with Crippen LogP contribution in [0.5, 0.6) is 5.75 Å². The molecule has 1 fully saturated rings. The SMILES string of the molecule is COc1ccc(COC/C=C(\C)CC[C@@H]2O[C@@H]([C@@]3(C)OC(C)(C)O[C@@H]3CC(=O)OC(C)(C)C)CC=C2C)cc1. The molecule has 2 aliphatic heterocycles. The molecular weight excluding hydrogens is 496 g/mol. The van der Waals surface area contributed by atoms with Crippen molar-refractivity contribution in [3.63, 3.8) is 0 Å². The molecule has 39 heavy (non-hydrogen) atoms. The lowest BCUT2D eigenvalue weighted by atomic mass is 9.85. The third-order valence-electron chi connectivity index (χ3n) is 7.21. The van der Waals surface area contributed by atoms with Crippen molar-refractivity contribution in [1.29, 1.82) is 0 Å². The molecule has 4 atom stereocenters. The number of carbonyl (C=O) groups is 1. The van der Waals surface area contributed by atoms with Gasteiger partial charge in [0.15, 0.2) is 5.79 Å². The van der Waals surface area contributed by atoms with Gasteiger partial charge in [0.25, 0.3) is 0 Å². The van der Waals surface area contributed by atoms with Gasteiger partial charge in [0.05, 0.1) is 39.0 Å².